The van der Waals surface area contributed by atoms with Crippen LogP contribution in [0.1, 0.15) is 36.0 Å². The predicted molar refractivity (Wildman–Crippen MR) is 133 cm³/mol. The van der Waals surface area contributed by atoms with Crippen molar-refractivity contribution in [2.75, 3.05) is 6.61 Å². The normalized spacial score (nSPS) is 17.8. The molecule has 0 aliphatic heterocycles. The minimum atomic E-state index is -1.02. The Hall–Kier alpha value is -4.51. The van der Waals surface area contributed by atoms with Crippen LogP contribution in [0.15, 0.2) is 44.7 Å². The average molecular weight is 508 g/mol. The second kappa shape index (κ2) is 9.17. The fourth-order valence-corrected chi connectivity index (χ4v) is 4.71. The van der Waals surface area contributed by atoms with E-state index >= 15 is 0 Å². The third-order valence-electron chi connectivity index (χ3n) is 6.83. The molecule has 1 aliphatic carbocycles. The number of carbonyl (C=O) groups is 1. The second-order valence-corrected chi connectivity index (χ2v) is 9.27. The topological polar surface area (TPSA) is 196 Å². The largest absolute Gasteiger partial charge is 0.504 e. The first-order valence-corrected chi connectivity index (χ1v) is 11.7. The highest BCUT2D eigenvalue weighted by atomic mass is 16.5. The number of benzene rings is 2. The number of nitrogens with two attached hydrogens (primary N) is 1. The summed E-state index contributed by atoms with van der Waals surface area (Å²) in [5.41, 5.74) is 3.51. The number of aromatic amines is 1. The van der Waals surface area contributed by atoms with Crippen molar-refractivity contribution in [1.29, 1.82) is 0 Å². The zero-order chi connectivity index (χ0) is 26.4. The van der Waals surface area contributed by atoms with Gasteiger partial charge in [-0.1, -0.05) is 0 Å². The van der Waals surface area contributed by atoms with Crippen LogP contribution in [0, 0.1) is 5.92 Å². The molecule has 11 heteroatoms. The summed E-state index contributed by atoms with van der Waals surface area (Å²) in [7, 11) is 0. The first-order valence-electron chi connectivity index (χ1n) is 11.7. The third-order valence-corrected chi connectivity index (χ3v) is 6.83. The van der Waals surface area contributed by atoms with Gasteiger partial charge in [0.05, 0.1) is 34.0 Å². The Labute approximate surface area is 208 Å². The molecule has 11 nitrogen and oxygen atoms in total. The maximum absolute atomic E-state index is 13.6. The van der Waals surface area contributed by atoms with Crippen molar-refractivity contribution in [3.8, 4) is 34.1 Å². The third kappa shape index (κ3) is 4.23. The number of nitrogens with one attached hydrogen (secondary N) is 1. The van der Waals surface area contributed by atoms with E-state index < -0.39 is 45.4 Å². The molecule has 0 atom stereocenters. The fraction of sp³-hybridized carbons (Fsp3) is 0.269. The number of H-pyrrole nitrogens is 1. The maximum atomic E-state index is 13.6. The number of esters is 1. The van der Waals surface area contributed by atoms with E-state index in [2.05, 4.69) is 4.98 Å². The van der Waals surface area contributed by atoms with E-state index in [1.807, 2.05) is 0 Å². The molecule has 2 aromatic heterocycles. The molecule has 1 saturated carbocycles. The van der Waals surface area contributed by atoms with E-state index in [1.165, 1.54) is 6.20 Å². The number of hydrogen-bond donors (Lipinski definition) is 6. The highest BCUT2D eigenvalue weighted by Gasteiger charge is 2.27. The Bertz CT molecular complexity index is 1660. The Morgan fingerprint density at radius 1 is 0.973 bits per heavy atom. The highest BCUT2D eigenvalue weighted by molar-refractivity contribution is 6.07. The number of phenolic OH excluding ortho intramolecular Hbond substituents is 4. The van der Waals surface area contributed by atoms with Crippen LogP contribution in [0.3, 0.4) is 0 Å². The molecule has 7 N–H and O–H groups in total. The molecule has 0 radical (unpaired) electrons. The second-order valence-electron chi connectivity index (χ2n) is 9.27. The molecule has 1 aliphatic rings. The van der Waals surface area contributed by atoms with Crippen LogP contribution in [-0.4, -0.2) is 44.0 Å². The molecular weight excluding hydrogens is 484 g/mol. The van der Waals surface area contributed by atoms with Crippen LogP contribution in [0.2, 0.25) is 0 Å². The number of aromatic hydroxyl groups is 4. The van der Waals surface area contributed by atoms with Gasteiger partial charge in [0.15, 0.2) is 28.4 Å². The number of phenols is 4. The molecule has 0 saturated heterocycles. The average Bonchev–Trinajstić information content (AvgIpc) is 2.87. The van der Waals surface area contributed by atoms with E-state index in [-0.39, 0.29) is 51.6 Å². The van der Waals surface area contributed by atoms with Crippen LogP contribution < -0.4 is 16.6 Å². The van der Waals surface area contributed by atoms with Crippen molar-refractivity contribution in [2.45, 2.75) is 31.7 Å². The van der Waals surface area contributed by atoms with Gasteiger partial charge in [0.1, 0.15) is 17.4 Å². The van der Waals surface area contributed by atoms with Crippen LogP contribution in [0.5, 0.6) is 23.0 Å². The molecule has 2 aromatic carbocycles. The van der Waals surface area contributed by atoms with Crippen molar-refractivity contribution in [2.24, 2.45) is 11.7 Å². The zero-order valence-electron chi connectivity index (χ0n) is 19.5. The van der Waals surface area contributed by atoms with Crippen molar-refractivity contribution in [3.05, 3.63) is 56.7 Å². The summed E-state index contributed by atoms with van der Waals surface area (Å²) in [4.78, 5) is 42.5. The highest BCUT2D eigenvalue weighted by Crippen LogP contribution is 2.36. The molecule has 2 heterocycles. The van der Waals surface area contributed by atoms with Gasteiger partial charge in [0.25, 0.3) is 0 Å². The maximum Gasteiger partial charge on any atom is 0.342 e. The molecule has 0 spiro atoms. The van der Waals surface area contributed by atoms with Crippen LogP contribution >= 0.6 is 0 Å². The number of fused-ring (bicyclic) bond motifs is 2. The molecule has 0 amide bonds. The number of aromatic nitrogens is 1. The summed E-state index contributed by atoms with van der Waals surface area (Å²) in [6.07, 6.45) is 5.36. The van der Waals surface area contributed by atoms with Crippen molar-refractivity contribution in [3.63, 3.8) is 0 Å². The van der Waals surface area contributed by atoms with E-state index in [9.17, 15) is 34.8 Å². The number of carbonyl (C=O) groups excluding carboxylic acids is 1. The molecule has 1 fully saturated rings. The monoisotopic (exact) mass is 508 g/mol. The lowest BCUT2D eigenvalue weighted by atomic mass is 9.87. The van der Waals surface area contributed by atoms with Gasteiger partial charge in [-0.25, -0.2) is 4.79 Å². The van der Waals surface area contributed by atoms with Crippen molar-refractivity contribution >= 4 is 27.8 Å². The Balaban J connectivity index is 1.61. The minimum Gasteiger partial charge on any atom is -0.504 e. The van der Waals surface area contributed by atoms with E-state index in [0.29, 0.717) is 0 Å². The number of rotatable bonds is 4. The zero-order valence-corrected chi connectivity index (χ0v) is 19.5. The van der Waals surface area contributed by atoms with Crippen LogP contribution in [0.4, 0.5) is 0 Å². The Kier molecular flexibility index (Phi) is 6.00. The van der Waals surface area contributed by atoms with E-state index in [4.69, 9.17) is 14.9 Å². The lowest BCUT2D eigenvalue weighted by Gasteiger charge is -2.25. The van der Waals surface area contributed by atoms with Crippen molar-refractivity contribution < 1.29 is 34.4 Å². The first kappa shape index (κ1) is 24.2. The van der Waals surface area contributed by atoms with Gasteiger partial charge in [0.2, 0.25) is 5.43 Å². The molecule has 37 heavy (non-hydrogen) atoms. The summed E-state index contributed by atoms with van der Waals surface area (Å²) in [5.74, 6) is -3.43. The Morgan fingerprint density at radius 3 is 2.41 bits per heavy atom. The molecule has 192 valence electrons. The van der Waals surface area contributed by atoms with Gasteiger partial charge in [-0.2, -0.15) is 0 Å². The van der Waals surface area contributed by atoms with Gasteiger partial charge in [-0.15, -0.1) is 0 Å². The number of pyridine rings is 1. The number of ether oxygens (including phenoxy) is 1. The molecular formula is C26H24N2O9. The molecule has 5 rings (SSSR count). The van der Waals surface area contributed by atoms with E-state index in [1.54, 1.807) is 0 Å². The smallest absolute Gasteiger partial charge is 0.342 e. The molecule has 0 unspecified atom stereocenters. The van der Waals surface area contributed by atoms with Gasteiger partial charge >= 0.3 is 5.97 Å². The van der Waals surface area contributed by atoms with Gasteiger partial charge in [-0.05, 0) is 37.7 Å². The summed E-state index contributed by atoms with van der Waals surface area (Å²) in [5, 5.41) is 39.8. The van der Waals surface area contributed by atoms with Crippen LogP contribution in [-0.2, 0) is 4.74 Å². The van der Waals surface area contributed by atoms with Gasteiger partial charge in [-0.3, -0.25) is 9.59 Å². The minimum absolute atomic E-state index is 0.00677. The first-order chi connectivity index (χ1) is 17.7. The summed E-state index contributed by atoms with van der Waals surface area (Å²) in [6.45, 7) is 0.0495. The summed E-state index contributed by atoms with van der Waals surface area (Å²) < 4.78 is 10.9. The quantitative estimate of drug-likeness (QED) is 0.176. The fourth-order valence-electron chi connectivity index (χ4n) is 4.71. The standard InChI is InChI=1S/C26H24N2O9/c27-12-3-1-11(2-4-12)9-37-26(35)22-21-20(7-19(31)25(22)34)36-10-15(24(21)33)14-8-28-16-6-18(30)17(29)5-13(16)23(14)32/h5-8,10-12,29-31,34H,1-4,9,27H2,(H,28,32)/t11-,12-. The number of hydrogen-bond acceptors (Lipinski definition) is 10. The molecule has 0 bridgehead atoms. The lowest BCUT2D eigenvalue weighted by Crippen LogP contribution is -2.28. The predicted octanol–water partition coefficient (Wildman–Crippen LogP) is 2.80. The Morgan fingerprint density at radius 2 is 1.68 bits per heavy atom. The summed E-state index contributed by atoms with van der Waals surface area (Å²) in [6, 6.07) is 3.32. The lowest BCUT2D eigenvalue weighted by molar-refractivity contribution is 0.0404. The van der Waals surface area contributed by atoms with Crippen molar-refractivity contribution in [1.82, 2.24) is 4.98 Å². The van der Waals surface area contributed by atoms with Gasteiger partial charge < -0.3 is 40.3 Å². The summed E-state index contributed by atoms with van der Waals surface area (Å²) >= 11 is 0. The SMILES string of the molecule is N[C@H]1CC[C@H](COC(=O)c2c(O)c(O)cc3occ(-c4c[nH]c5cc(O)c(O)cc5c4=O)c(=O)c23)CC1. The van der Waals surface area contributed by atoms with E-state index in [0.717, 1.165) is 50.1 Å². The molecule has 4 aromatic rings. The van der Waals surface area contributed by atoms with Gasteiger partial charge in [0, 0.05) is 24.4 Å². The van der Waals surface area contributed by atoms with Crippen LogP contribution in [0.25, 0.3) is 33.0 Å².